The lowest BCUT2D eigenvalue weighted by atomic mass is 10.2. The Balaban J connectivity index is 1.34. The van der Waals surface area contributed by atoms with E-state index in [9.17, 15) is 18.8 Å². The number of halogens is 1. The summed E-state index contributed by atoms with van der Waals surface area (Å²) >= 11 is 0. The van der Waals surface area contributed by atoms with Gasteiger partial charge in [0.05, 0.1) is 12.2 Å². The van der Waals surface area contributed by atoms with Crippen LogP contribution in [0, 0.1) is 5.82 Å². The molecule has 0 spiro atoms. The number of amides is 1. The largest absolute Gasteiger partial charge is 0.454 e. The van der Waals surface area contributed by atoms with E-state index in [4.69, 9.17) is 9.47 Å². The van der Waals surface area contributed by atoms with Gasteiger partial charge in [-0.05, 0) is 29.8 Å². The minimum Gasteiger partial charge on any atom is -0.454 e. The molecule has 3 heterocycles. The van der Waals surface area contributed by atoms with E-state index in [1.807, 2.05) is 4.90 Å². The Morgan fingerprint density at radius 1 is 1.00 bits per heavy atom. The Hall–Kier alpha value is -4.08. The van der Waals surface area contributed by atoms with Gasteiger partial charge in [0.15, 0.2) is 11.5 Å². The Labute approximate surface area is 187 Å². The Morgan fingerprint density at radius 3 is 2.55 bits per heavy atom. The molecule has 0 atom stereocenters. The molecule has 33 heavy (non-hydrogen) atoms. The third-order valence-corrected chi connectivity index (χ3v) is 5.83. The minimum absolute atomic E-state index is 0.0208. The lowest BCUT2D eigenvalue weighted by molar-refractivity contribution is 0.0743. The third kappa shape index (κ3) is 3.95. The summed E-state index contributed by atoms with van der Waals surface area (Å²) in [4.78, 5) is 44.3. The van der Waals surface area contributed by atoms with Crippen LogP contribution in [0.2, 0.25) is 0 Å². The number of hydrogen-bond donors (Lipinski definition) is 1. The molecule has 0 bridgehead atoms. The number of piperazine rings is 1. The van der Waals surface area contributed by atoms with Crippen molar-refractivity contribution in [2.24, 2.45) is 0 Å². The van der Waals surface area contributed by atoms with E-state index < -0.39 is 17.2 Å². The van der Waals surface area contributed by atoms with Crippen LogP contribution in [-0.4, -0.2) is 53.3 Å². The summed E-state index contributed by atoms with van der Waals surface area (Å²) in [5.41, 5.74) is -0.249. The van der Waals surface area contributed by atoms with Crippen molar-refractivity contribution in [2.75, 3.05) is 37.9 Å². The predicted octanol–water partition coefficient (Wildman–Crippen LogP) is 1.42. The molecule has 5 rings (SSSR count). The van der Waals surface area contributed by atoms with Crippen molar-refractivity contribution in [1.82, 2.24) is 14.5 Å². The first-order chi connectivity index (χ1) is 16.0. The zero-order valence-corrected chi connectivity index (χ0v) is 17.6. The molecule has 10 heteroatoms. The summed E-state index contributed by atoms with van der Waals surface area (Å²) in [6, 6.07) is 11.6. The van der Waals surface area contributed by atoms with Gasteiger partial charge in [-0.3, -0.25) is 14.2 Å². The maximum absolute atomic E-state index is 14.1. The fourth-order valence-electron chi connectivity index (χ4n) is 4.06. The molecular formula is C23H21FN4O5. The van der Waals surface area contributed by atoms with Gasteiger partial charge in [-0.1, -0.05) is 18.2 Å². The number of fused-ring (bicyclic) bond motifs is 1. The van der Waals surface area contributed by atoms with Crippen molar-refractivity contribution in [1.29, 1.82) is 0 Å². The second-order valence-corrected chi connectivity index (χ2v) is 7.82. The van der Waals surface area contributed by atoms with Crippen LogP contribution in [0.1, 0.15) is 15.9 Å². The second-order valence-electron chi connectivity index (χ2n) is 7.82. The van der Waals surface area contributed by atoms with Crippen LogP contribution in [0.5, 0.6) is 11.5 Å². The quantitative estimate of drug-likeness (QED) is 0.643. The molecule has 2 aliphatic rings. The van der Waals surface area contributed by atoms with E-state index >= 15 is 0 Å². The van der Waals surface area contributed by atoms with Crippen LogP contribution in [0.25, 0.3) is 0 Å². The van der Waals surface area contributed by atoms with Crippen molar-refractivity contribution in [2.45, 2.75) is 6.54 Å². The molecule has 1 aromatic heterocycles. The van der Waals surface area contributed by atoms with E-state index in [0.717, 1.165) is 10.8 Å². The monoisotopic (exact) mass is 452 g/mol. The number of H-pyrrole nitrogens is 1. The molecule has 170 valence electrons. The number of carbonyl (C=O) groups is 1. The molecule has 3 aromatic rings. The fraction of sp³-hybridized carbons (Fsp3) is 0.261. The van der Waals surface area contributed by atoms with Crippen LogP contribution in [0.15, 0.2) is 58.3 Å². The summed E-state index contributed by atoms with van der Waals surface area (Å²) < 4.78 is 25.7. The number of anilines is 1. The average Bonchev–Trinajstić information content (AvgIpc) is 3.30. The number of rotatable bonds is 4. The van der Waals surface area contributed by atoms with Gasteiger partial charge in [0.1, 0.15) is 11.4 Å². The lowest BCUT2D eigenvalue weighted by Gasteiger charge is -2.36. The van der Waals surface area contributed by atoms with Crippen LogP contribution in [0.3, 0.4) is 0 Å². The topological polar surface area (TPSA) is 96.9 Å². The molecular weight excluding hydrogens is 431 g/mol. The number of aromatic amines is 1. The molecule has 1 saturated heterocycles. The molecule has 1 N–H and O–H groups in total. The molecule has 2 aromatic carbocycles. The highest BCUT2D eigenvalue weighted by Gasteiger charge is 2.26. The molecule has 0 radical (unpaired) electrons. The normalized spacial score (nSPS) is 15.1. The smallest absolute Gasteiger partial charge is 0.328 e. The molecule has 2 aliphatic heterocycles. The molecule has 1 fully saturated rings. The first kappa shape index (κ1) is 20.8. The third-order valence-electron chi connectivity index (χ3n) is 5.83. The summed E-state index contributed by atoms with van der Waals surface area (Å²) in [7, 11) is 0. The summed E-state index contributed by atoms with van der Waals surface area (Å²) in [6.45, 7) is 1.62. The fourth-order valence-corrected chi connectivity index (χ4v) is 4.06. The number of nitrogens with one attached hydrogen (secondary N) is 1. The van der Waals surface area contributed by atoms with E-state index in [0.29, 0.717) is 48.9 Å². The summed E-state index contributed by atoms with van der Waals surface area (Å²) in [6.07, 6.45) is 1.16. The minimum atomic E-state index is -0.669. The zero-order valence-electron chi connectivity index (χ0n) is 17.6. The first-order valence-electron chi connectivity index (χ1n) is 10.5. The number of benzene rings is 2. The molecule has 0 saturated carbocycles. The standard InChI is InChI=1S/C23H21FN4O5/c24-17-3-1-2-4-18(17)26-7-9-27(10-8-26)21(29)16-12-25-23(31)28(22(16)30)13-15-5-6-19-20(11-15)33-14-32-19/h1-6,11-12H,7-10,13-14H2,(H,25,31). The SMILES string of the molecule is O=C(c1c[nH]c(=O)n(Cc2ccc3c(c2)OCO3)c1=O)N1CCN(c2ccccc2F)CC1. The van der Waals surface area contributed by atoms with E-state index in [2.05, 4.69) is 4.98 Å². The molecule has 0 unspecified atom stereocenters. The Kier molecular flexibility index (Phi) is 5.33. The van der Waals surface area contributed by atoms with Gasteiger partial charge in [-0.15, -0.1) is 0 Å². The number of para-hydroxylation sites is 1. The summed E-state index contributed by atoms with van der Waals surface area (Å²) in [5.74, 6) is 0.351. The van der Waals surface area contributed by atoms with Crippen molar-refractivity contribution in [3.63, 3.8) is 0 Å². The number of nitrogens with zero attached hydrogens (tertiary/aromatic N) is 3. The summed E-state index contributed by atoms with van der Waals surface area (Å²) in [5, 5.41) is 0. The highest BCUT2D eigenvalue weighted by atomic mass is 19.1. The maximum atomic E-state index is 14.1. The maximum Gasteiger partial charge on any atom is 0.328 e. The average molecular weight is 452 g/mol. The van der Waals surface area contributed by atoms with Crippen LogP contribution >= 0.6 is 0 Å². The molecule has 0 aliphatic carbocycles. The Morgan fingerprint density at radius 2 is 1.76 bits per heavy atom. The first-order valence-corrected chi connectivity index (χ1v) is 10.5. The van der Waals surface area contributed by atoms with E-state index in [-0.39, 0.29) is 24.7 Å². The van der Waals surface area contributed by atoms with Gasteiger partial charge in [0.2, 0.25) is 6.79 Å². The van der Waals surface area contributed by atoms with Crippen LogP contribution < -0.4 is 25.6 Å². The zero-order chi connectivity index (χ0) is 22.9. The van der Waals surface area contributed by atoms with Crippen LogP contribution in [-0.2, 0) is 6.54 Å². The van der Waals surface area contributed by atoms with Gasteiger partial charge < -0.3 is 24.3 Å². The second kappa shape index (κ2) is 8.45. The number of hydrogen-bond acceptors (Lipinski definition) is 6. The van der Waals surface area contributed by atoms with Crippen LogP contribution in [0.4, 0.5) is 10.1 Å². The molecule has 1 amide bonds. The number of carbonyl (C=O) groups excluding carboxylic acids is 1. The molecule has 9 nitrogen and oxygen atoms in total. The van der Waals surface area contributed by atoms with Gasteiger partial charge in [0, 0.05) is 32.4 Å². The van der Waals surface area contributed by atoms with Gasteiger partial charge in [0.25, 0.3) is 11.5 Å². The van der Waals surface area contributed by atoms with Crippen molar-refractivity contribution < 1.29 is 18.7 Å². The Bertz CT molecular complexity index is 1330. The highest BCUT2D eigenvalue weighted by molar-refractivity contribution is 5.93. The van der Waals surface area contributed by atoms with E-state index in [1.54, 1.807) is 36.4 Å². The van der Waals surface area contributed by atoms with Crippen molar-refractivity contribution in [3.8, 4) is 11.5 Å². The van der Waals surface area contributed by atoms with Gasteiger partial charge in [-0.25, -0.2) is 9.18 Å². The number of ether oxygens (including phenoxy) is 2. The van der Waals surface area contributed by atoms with Gasteiger partial charge >= 0.3 is 5.69 Å². The predicted molar refractivity (Wildman–Crippen MR) is 118 cm³/mol. The number of aromatic nitrogens is 2. The van der Waals surface area contributed by atoms with Crippen molar-refractivity contribution >= 4 is 11.6 Å². The highest BCUT2D eigenvalue weighted by Crippen LogP contribution is 2.32. The lowest BCUT2D eigenvalue weighted by Crippen LogP contribution is -2.50. The van der Waals surface area contributed by atoms with Gasteiger partial charge in [-0.2, -0.15) is 0 Å². The van der Waals surface area contributed by atoms with Crippen molar-refractivity contribution in [3.05, 3.63) is 86.4 Å². The van der Waals surface area contributed by atoms with E-state index in [1.165, 1.54) is 11.0 Å².